The second-order valence-corrected chi connectivity index (χ2v) is 10.9. The molecular formula is C28H32N2O2S. The van der Waals surface area contributed by atoms with Crippen molar-refractivity contribution < 1.29 is 9.53 Å². The lowest BCUT2D eigenvalue weighted by Crippen LogP contribution is -2.27. The van der Waals surface area contributed by atoms with Gasteiger partial charge in [-0.05, 0) is 72.4 Å². The molecule has 0 fully saturated rings. The van der Waals surface area contributed by atoms with Crippen LogP contribution in [0.1, 0.15) is 59.1 Å². The van der Waals surface area contributed by atoms with Crippen LogP contribution in [0.25, 0.3) is 0 Å². The maximum atomic E-state index is 13.4. The lowest BCUT2D eigenvalue weighted by Gasteiger charge is -2.33. The van der Waals surface area contributed by atoms with Crippen LogP contribution in [0.4, 0.5) is 10.7 Å². The minimum Gasteiger partial charge on any atom is -0.496 e. The van der Waals surface area contributed by atoms with E-state index in [1.165, 1.54) is 10.4 Å². The number of rotatable bonds is 5. The standard InChI is InChI=1S/C28H32N2O2S/c1-18-11-12-19(15-23(18)32-5)17-29-27-25(26(31)30-21-9-7-6-8-10-21)22-14-13-20(28(2,3)4)16-24(22)33-27/h6-12,15,17,20H,13-14,16H2,1-5H3,(H,30,31)/t20-/m1/s1. The quantitative estimate of drug-likeness (QED) is 0.409. The van der Waals surface area contributed by atoms with Crippen LogP contribution < -0.4 is 10.1 Å². The summed E-state index contributed by atoms with van der Waals surface area (Å²) in [6.07, 6.45) is 4.85. The molecule has 1 N–H and O–H groups in total. The Morgan fingerprint density at radius 2 is 1.94 bits per heavy atom. The number of hydrogen-bond donors (Lipinski definition) is 1. The average Bonchev–Trinajstić information content (AvgIpc) is 3.16. The fourth-order valence-corrected chi connectivity index (χ4v) is 5.67. The van der Waals surface area contributed by atoms with Crippen LogP contribution >= 0.6 is 11.3 Å². The molecule has 0 radical (unpaired) electrons. The predicted octanol–water partition coefficient (Wildman–Crippen LogP) is 7.22. The smallest absolute Gasteiger partial charge is 0.259 e. The van der Waals surface area contributed by atoms with Gasteiger partial charge in [-0.1, -0.05) is 51.1 Å². The summed E-state index contributed by atoms with van der Waals surface area (Å²) in [5.74, 6) is 1.35. The Hall–Kier alpha value is -2.92. The highest BCUT2D eigenvalue weighted by Gasteiger charge is 2.33. The Morgan fingerprint density at radius 3 is 2.64 bits per heavy atom. The molecule has 1 amide bonds. The topological polar surface area (TPSA) is 50.7 Å². The number of para-hydroxylation sites is 1. The molecule has 5 heteroatoms. The van der Waals surface area contributed by atoms with Crippen molar-refractivity contribution in [2.24, 2.45) is 16.3 Å². The van der Waals surface area contributed by atoms with E-state index < -0.39 is 0 Å². The van der Waals surface area contributed by atoms with Crippen LogP contribution in [-0.4, -0.2) is 19.2 Å². The zero-order valence-corrected chi connectivity index (χ0v) is 20.9. The van der Waals surface area contributed by atoms with E-state index in [9.17, 15) is 4.79 Å². The first-order chi connectivity index (χ1) is 15.8. The minimum absolute atomic E-state index is 0.0819. The first-order valence-corrected chi connectivity index (χ1v) is 12.3. The molecule has 172 valence electrons. The third-order valence-corrected chi connectivity index (χ3v) is 7.66. The minimum atomic E-state index is -0.0819. The highest BCUT2D eigenvalue weighted by atomic mass is 32.1. The third kappa shape index (κ3) is 5.19. The summed E-state index contributed by atoms with van der Waals surface area (Å²) in [4.78, 5) is 19.5. The highest BCUT2D eigenvalue weighted by Crippen LogP contribution is 2.45. The van der Waals surface area contributed by atoms with E-state index in [1.54, 1.807) is 18.4 Å². The Kier molecular flexibility index (Phi) is 6.71. The van der Waals surface area contributed by atoms with Crippen LogP contribution in [0.5, 0.6) is 5.75 Å². The SMILES string of the molecule is COc1cc(C=Nc2sc3c(c2C(=O)Nc2ccccc2)CC[C@@H](C(C)(C)C)C3)ccc1C. The number of hydrogen-bond acceptors (Lipinski definition) is 4. The number of carbonyl (C=O) groups excluding carboxylic acids is 1. The van der Waals surface area contributed by atoms with Crippen molar-refractivity contribution in [2.45, 2.75) is 47.0 Å². The number of ether oxygens (including phenoxy) is 1. The van der Waals surface area contributed by atoms with E-state index in [1.807, 2.05) is 61.7 Å². The van der Waals surface area contributed by atoms with Gasteiger partial charge in [0.25, 0.3) is 5.91 Å². The Morgan fingerprint density at radius 1 is 1.18 bits per heavy atom. The van der Waals surface area contributed by atoms with Gasteiger partial charge in [0, 0.05) is 16.8 Å². The Labute approximate surface area is 200 Å². The second-order valence-electron chi connectivity index (χ2n) is 9.80. The van der Waals surface area contributed by atoms with Gasteiger partial charge in [0.2, 0.25) is 0 Å². The van der Waals surface area contributed by atoms with Crippen LogP contribution in [-0.2, 0) is 12.8 Å². The molecule has 1 atom stereocenters. The summed E-state index contributed by atoms with van der Waals surface area (Å²) in [6, 6.07) is 15.6. The molecule has 0 spiro atoms. The molecule has 0 aliphatic heterocycles. The predicted molar refractivity (Wildman–Crippen MR) is 139 cm³/mol. The monoisotopic (exact) mass is 460 g/mol. The van der Waals surface area contributed by atoms with Gasteiger partial charge in [-0.2, -0.15) is 0 Å². The molecule has 1 heterocycles. The normalized spacial score (nSPS) is 16.0. The maximum Gasteiger partial charge on any atom is 0.259 e. The van der Waals surface area contributed by atoms with Gasteiger partial charge in [0.1, 0.15) is 10.8 Å². The number of benzene rings is 2. The van der Waals surface area contributed by atoms with Crippen molar-refractivity contribution >= 4 is 34.1 Å². The van der Waals surface area contributed by atoms with E-state index in [0.717, 1.165) is 52.4 Å². The van der Waals surface area contributed by atoms with Gasteiger partial charge < -0.3 is 10.1 Å². The summed E-state index contributed by atoms with van der Waals surface area (Å²) < 4.78 is 5.45. The lowest BCUT2D eigenvalue weighted by molar-refractivity contribution is 0.102. The van der Waals surface area contributed by atoms with E-state index >= 15 is 0 Å². The molecule has 0 unspecified atom stereocenters. The lowest BCUT2D eigenvalue weighted by atomic mass is 9.72. The van der Waals surface area contributed by atoms with E-state index in [2.05, 4.69) is 26.1 Å². The number of anilines is 1. The largest absolute Gasteiger partial charge is 0.496 e. The zero-order chi connectivity index (χ0) is 23.6. The van der Waals surface area contributed by atoms with Gasteiger partial charge in [-0.3, -0.25) is 4.79 Å². The van der Waals surface area contributed by atoms with Crippen LogP contribution in [0.15, 0.2) is 53.5 Å². The Balaban J connectivity index is 1.71. The van der Waals surface area contributed by atoms with E-state index in [4.69, 9.17) is 9.73 Å². The molecule has 2 aromatic carbocycles. The number of fused-ring (bicyclic) bond motifs is 1. The number of aryl methyl sites for hydroxylation is 1. The van der Waals surface area contributed by atoms with Crippen molar-refractivity contribution in [3.63, 3.8) is 0 Å². The molecule has 0 saturated heterocycles. The van der Waals surface area contributed by atoms with Crippen molar-refractivity contribution in [2.75, 3.05) is 12.4 Å². The summed E-state index contributed by atoms with van der Waals surface area (Å²) in [6.45, 7) is 8.94. The van der Waals surface area contributed by atoms with Gasteiger partial charge in [0.15, 0.2) is 0 Å². The molecule has 3 aromatic rings. The third-order valence-electron chi connectivity index (χ3n) is 6.49. The van der Waals surface area contributed by atoms with Gasteiger partial charge in [0.05, 0.1) is 12.7 Å². The van der Waals surface area contributed by atoms with E-state index in [0.29, 0.717) is 5.92 Å². The molecule has 1 aromatic heterocycles. The number of nitrogens with zero attached hydrogens (tertiary/aromatic N) is 1. The summed E-state index contributed by atoms with van der Waals surface area (Å²) in [7, 11) is 1.67. The van der Waals surface area contributed by atoms with Crippen LogP contribution in [0.3, 0.4) is 0 Å². The first-order valence-electron chi connectivity index (χ1n) is 11.5. The van der Waals surface area contributed by atoms with Gasteiger partial charge >= 0.3 is 0 Å². The van der Waals surface area contributed by atoms with Crippen molar-refractivity contribution in [1.29, 1.82) is 0 Å². The molecule has 4 nitrogen and oxygen atoms in total. The second kappa shape index (κ2) is 9.52. The maximum absolute atomic E-state index is 13.4. The number of carbonyl (C=O) groups is 1. The molecule has 1 aliphatic rings. The first kappa shape index (κ1) is 23.2. The number of amides is 1. The van der Waals surface area contributed by atoms with Gasteiger partial charge in [-0.15, -0.1) is 11.3 Å². The molecule has 0 saturated carbocycles. The summed E-state index contributed by atoms with van der Waals surface area (Å²) in [5.41, 5.74) is 4.96. The van der Waals surface area contributed by atoms with Crippen molar-refractivity contribution in [3.05, 3.63) is 75.7 Å². The van der Waals surface area contributed by atoms with Crippen LogP contribution in [0, 0.1) is 18.3 Å². The molecule has 1 aliphatic carbocycles. The number of aliphatic imine (C=N–C) groups is 1. The number of thiophene rings is 1. The molecular weight excluding hydrogens is 428 g/mol. The summed E-state index contributed by atoms with van der Waals surface area (Å²) in [5, 5.41) is 3.85. The van der Waals surface area contributed by atoms with Crippen LogP contribution in [0.2, 0.25) is 0 Å². The van der Waals surface area contributed by atoms with Crippen molar-refractivity contribution in [3.8, 4) is 5.75 Å². The average molecular weight is 461 g/mol. The summed E-state index contributed by atoms with van der Waals surface area (Å²) >= 11 is 1.66. The number of nitrogens with one attached hydrogen (secondary N) is 1. The number of methoxy groups -OCH3 is 1. The van der Waals surface area contributed by atoms with E-state index in [-0.39, 0.29) is 11.3 Å². The molecule has 0 bridgehead atoms. The molecule has 4 rings (SSSR count). The Bertz CT molecular complexity index is 1170. The highest BCUT2D eigenvalue weighted by molar-refractivity contribution is 7.16. The van der Waals surface area contributed by atoms with Crippen molar-refractivity contribution in [1.82, 2.24) is 0 Å². The zero-order valence-electron chi connectivity index (χ0n) is 20.1. The molecule has 33 heavy (non-hydrogen) atoms. The fourth-order valence-electron chi connectivity index (χ4n) is 4.40. The fraction of sp³-hybridized carbons (Fsp3) is 0.357. The van der Waals surface area contributed by atoms with Gasteiger partial charge in [-0.25, -0.2) is 4.99 Å².